The molecule has 2 aromatic rings. The largest absolute Gasteiger partial charge is 0.350 e. The van der Waals surface area contributed by atoms with E-state index in [0.29, 0.717) is 0 Å². The van der Waals surface area contributed by atoms with E-state index in [1.54, 1.807) is 0 Å². The number of hydrogen-bond acceptors (Lipinski definition) is 1. The maximum absolute atomic E-state index is 3.34. The lowest BCUT2D eigenvalue weighted by Gasteiger charge is -2.02. The lowest BCUT2D eigenvalue weighted by atomic mass is 10.3. The zero-order valence-corrected chi connectivity index (χ0v) is 9.01. The lowest BCUT2D eigenvalue weighted by molar-refractivity contribution is -0.671. The molecular formula is C12H15N3+2. The molecule has 2 rings (SSSR count). The van der Waals surface area contributed by atoms with E-state index >= 15 is 0 Å². The molecule has 0 aliphatic carbocycles. The van der Waals surface area contributed by atoms with Gasteiger partial charge in [0.2, 0.25) is 0 Å². The summed E-state index contributed by atoms with van der Waals surface area (Å²) in [6, 6.07) is 8.16. The molecule has 0 bridgehead atoms. The van der Waals surface area contributed by atoms with Gasteiger partial charge >= 0.3 is 0 Å². The number of nitrogens with one attached hydrogen (secondary N) is 1. The maximum Gasteiger partial charge on any atom is 0.192 e. The topological polar surface area (TPSA) is 19.8 Å². The van der Waals surface area contributed by atoms with Gasteiger partial charge in [0.1, 0.15) is 19.8 Å². The fourth-order valence-electron chi connectivity index (χ4n) is 1.41. The SMILES string of the molecule is C[n+]1ccc(Nc2ccc[n+](C)c2)cc1. The molecule has 0 fully saturated rings. The van der Waals surface area contributed by atoms with E-state index in [2.05, 4.69) is 5.32 Å². The molecule has 0 unspecified atom stereocenters. The fourth-order valence-corrected chi connectivity index (χ4v) is 1.41. The highest BCUT2D eigenvalue weighted by molar-refractivity contribution is 5.56. The number of hydrogen-bond donors (Lipinski definition) is 1. The van der Waals surface area contributed by atoms with Gasteiger partial charge in [-0.05, 0) is 6.07 Å². The van der Waals surface area contributed by atoms with Crippen LogP contribution in [0.3, 0.4) is 0 Å². The van der Waals surface area contributed by atoms with E-state index in [0.717, 1.165) is 11.4 Å². The average Bonchev–Trinajstić information content (AvgIpc) is 2.22. The van der Waals surface area contributed by atoms with E-state index in [1.165, 1.54) is 0 Å². The van der Waals surface area contributed by atoms with E-state index in [1.807, 2.05) is 72.3 Å². The van der Waals surface area contributed by atoms with Crippen molar-refractivity contribution in [1.82, 2.24) is 0 Å². The molecule has 2 aromatic heterocycles. The van der Waals surface area contributed by atoms with Crippen molar-refractivity contribution in [1.29, 1.82) is 0 Å². The number of rotatable bonds is 2. The summed E-state index contributed by atoms with van der Waals surface area (Å²) in [6.07, 6.45) is 8.10. The Balaban J connectivity index is 2.18. The monoisotopic (exact) mass is 201 g/mol. The van der Waals surface area contributed by atoms with Gasteiger partial charge in [-0.2, -0.15) is 0 Å². The smallest absolute Gasteiger partial charge is 0.192 e. The Morgan fingerprint density at radius 2 is 1.60 bits per heavy atom. The second-order valence-corrected chi connectivity index (χ2v) is 3.64. The van der Waals surface area contributed by atoms with Crippen molar-refractivity contribution in [2.75, 3.05) is 5.32 Å². The Kier molecular flexibility index (Phi) is 2.63. The normalized spacial score (nSPS) is 10.0. The van der Waals surface area contributed by atoms with E-state index < -0.39 is 0 Å². The Bertz CT molecular complexity index is 449. The number of anilines is 2. The molecule has 15 heavy (non-hydrogen) atoms. The van der Waals surface area contributed by atoms with E-state index in [4.69, 9.17) is 0 Å². The molecule has 0 amide bonds. The van der Waals surface area contributed by atoms with Crippen molar-refractivity contribution in [2.24, 2.45) is 14.1 Å². The number of pyridine rings is 2. The summed E-state index contributed by atoms with van der Waals surface area (Å²) in [4.78, 5) is 0. The summed E-state index contributed by atoms with van der Waals surface area (Å²) >= 11 is 0. The molecule has 0 spiro atoms. The first-order chi connectivity index (χ1) is 7.24. The van der Waals surface area contributed by atoms with Crippen LogP contribution in [0.1, 0.15) is 0 Å². The predicted octanol–water partition coefficient (Wildman–Crippen LogP) is 1.08. The first kappa shape index (κ1) is 9.65. The van der Waals surface area contributed by atoms with Crippen molar-refractivity contribution in [3.63, 3.8) is 0 Å². The minimum atomic E-state index is 1.09. The molecule has 0 aromatic carbocycles. The molecule has 1 N–H and O–H groups in total. The van der Waals surface area contributed by atoms with Gasteiger partial charge < -0.3 is 5.32 Å². The molecule has 0 aliphatic rings. The van der Waals surface area contributed by atoms with Crippen molar-refractivity contribution < 1.29 is 9.13 Å². The summed E-state index contributed by atoms with van der Waals surface area (Å²) < 4.78 is 4.03. The van der Waals surface area contributed by atoms with Crippen molar-refractivity contribution >= 4 is 11.4 Å². The van der Waals surface area contributed by atoms with Crippen LogP contribution in [0, 0.1) is 0 Å². The minimum absolute atomic E-state index is 1.09. The highest BCUT2D eigenvalue weighted by Crippen LogP contribution is 2.11. The third-order valence-electron chi connectivity index (χ3n) is 2.21. The maximum atomic E-state index is 3.34. The Morgan fingerprint density at radius 3 is 2.27 bits per heavy atom. The molecule has 0 aliphatic heterocycles. The van der Waals surface area contributed by atoms with Gasteiger partial charge in [-0.15, -0.1) is 0 Å². The standard InChI is InChI=1S/C12H14N3/c1-14-8-5-11(6-9-14)13-12-4-3-7-15(2)10-12/h3-10H,1-2H3/q+1/p+1. The van der Waals surface area contributed by atoms with Crippen LogP contribution in [0.4, 0.5) is 11.4 Å². The highest BCUT2D eigenvalue weighted by Gasteiger charge is 1.99. The number of aromatic nitrogens is 2. The second kappa shape index (κ2) is 4.09. The highest BCUT2D eigenvalue weighted by atomic mass is 15.0. The van der Waals surface area contributed by atoms with Crippen LogP contribution in [0.25, 0.3) is 0 Å². The first-order valence-corrected chi connectivity index (χ1v) is 4.92. The molecule has 0 atom stereocenters. The second-order valence-electron chi connectivity index (χ2n) is 3.64. The van der Waals surface area contributed by atoms with Crippen molar-refractivity contribution in [3.05, 3.63) is 49.1 Å². The van der Waals surface area contributed by atoms with Crippen LogP contribution in [-0.4, -0.2) is 0 Å². The van der Waals surface area contributed by atoms with Crippen LogP contribution < -0.4 is 14.5 Å². The Hall–Kier alpha value is -1.90. The quantitative estimate of drug-likeness (QED) is 0.721. The van der Waals surface area contributed by atoms with Gasteiger partial charge in [-0.3, -0.25) is 0 Å². The number of aryl methyl sites for hydroxylation is 2. The van der Waals surface area contributed by atoms with Crippen LogP contribution in [0.15, 0.2) is 49.1 Å². The first-order valence-electron chi connectivity index (χ1n) is 4.92. The predicted molar refractivity (Wildman–Crippen MR) is 58.5 cm³/mol. The van der Waals surface area contributed by atoms with Gasteiger partial charge in [0, 0.05) is 18.2 Å². The van der Waals surface area contributed by atoms with Gasteiger partial charge in [0.05, 0.1) is 5.69 Å². The van der Waals surface area contributed by atoms with Crippen LogP contribution >= 0.6 is 0 Å². The Morgan fingerprint density at radius 1 is 0.867 bits per heavy atom. The zero-order chi connectivity index (χ0) is 10.7. The summed E-state index contributed by atoms with van der Waals surface area (Å²) in [5.41, 5.74) is 2.19. The van der Waals surface area contributed by atoms with Crippen LogP contribution in [-0.2, 0) is 14.1 Å². The Labute approximate surface area is 89.6 Å². The molecular weight excluding hydrogens is 186 g/mol. The molecule has 0 saturated heterocycles. The van der Waals surface area contributed by atoms with Gasteiger partial charge in [0.15, 0.2) is 24.8 Å². The number of nitrogens with zero attached hydrogens (tertiary/aromatic N) is 2. The molecule has 3 nitrogen and oxygen atoms in total. The molecule has 0 saturated carbocycles. The minimum Gasteiger partial charge on any atom is -0.350 e. The summed E-state index contributed by atoms with van der Waals surface area (Å²) in [5, 5.41) is 3.34. The van der Waals surface area contributed by atoms with Crippen molar-refractivity contribution in [3.8, 4) is 0 Å². The zero-order valence-electron chi connectivity index (χ0n) is 9.01. The average molecular weight is 201 g/mol. The van der Waals surface area contributed by atoms with Crippen molar-refractivity contribution in [2.45, 2.75) is 0 Å². The molecule has 3 heteroatoms. The van der Waals surface area contributed by atoms with E-state index in [9.17, 15) is 0 Å². The van der Waals surface area contributed by atoms with E-state index in [-0.39, 0.29) is 0 Å². The fraction of sp³-hybridized carbons (Fsp3) is 0.167. The summed E-state index contributed by atoms with van der Waals surface area (Å²) in [6.45, 7) is 0. The van der Waals surface area contributed by atoms with Crippen LogP contribution in [0.2, 0.25) is 0 Å². The van der Waals surface area contributed by atoms with Gasteiger partial charge in [0.25, 0.3) is 0 Å². The summed E-state index contributed by atoms with van der Waals surface area (Å²) in [5.74, 6) is 0. The van der Waals surface area contributed by atoms with Gasteiger partial charge in [-0.25, -0.2) is 9.13 Å². The third kappa shape index (κ3) is 2.53. The summed E-state index contributed by atoms with van der Waals surface area (Å²) in [7, 11) is 4.02. The molecule has 0 radical (unpaired) electrons. The molecule has 76 valence electrons. The van der Waals surface area contributed by atoms with Gasteiger partial charge in [-0.1, -0.05) is 0 Å². The van der Waals surface area contributed by atoms with Crippen LogP contribution in [0.5, 0.6) is 0 Å². The lowest BCUT2D eigenvalue weighted by Crippen LogP contribution is -2.27. The molecule has 2 heterocycles. The third-order valence-corrected chi connectivity index (χ3v) is 2.21.